The van der Waals surface area contributed by atoms with Gasteiger partial charge in [-0.3, -0.25) is 34.7 Å². The Balaban J connectivity index is 1.67. The van der Waals surface area contributed by atoms with Gasteiger partial charge in [0.2, 0.25) is 11.7 Å². The highest BCUT2D eigenvalue weighted by molar-refractivity contribution is 5.96. The van der Waals surface area contributed by atoms with Gasteiger partial charge in [-0.25, -0.2) is 4.98 Å². The second kappa shape index (κ2) is 13.6. The van der Waals surface area contributed by atoms with Crippen LogP contribution in [0.5, 0.6) is 5.75 Å². The van der Waals surface area contributed by atoms with Gasteiger partial charge in [-0.2, -0.15) is 0 Å². The molecule has 0 atom stereocenters. The number of hydrogen-bond donors (Lipinski definition) is 4. The Morgan fingerprint density at radius 1 is 1.00 bits per heavy atom. The van der Waals surface area contributed by atoms with E-state index in [1.165, 1.54) is 6.07 Å². The summed E-state index contributed by atoms with van der Waals surface area (Å²) in [6.07, 6.45) is 4.36. The number of aromatic nitrogens is 1. The van der Waals surface area contributed by atoms with E-state index in [0.29, 0.717) is 19.8 Å². The first-order valence-electron chi connectivity index (χ1n) is 11.8. The number of amides is 2. The van der Waals surface area contributed by atoms with Crippen LogP contribution in [0.15, 0.2) is 36.5 Å². The number of carbonyl (C=O) groups excluding carboxylic acids is 2. The van der Waals surface area contributed by atoms with Gasteiger partial charge in [-0.15, -0.1) is 0 Å². The van der Waals surface area contributed by atoms with Gasteiger partial charge in [0.1, 0.15) is 12.4 Å². The van der Waals surface area contributed by atoms with Crippen LogP contribution in [0, 0.1) is 20.2 Å². The van der Waals surface area contributed by atoms with Gasteiger partial charge < -0.3 is 31.6 Å². The maximum Gasteiger partial charge on any atom is 0.312 e. The van der Waals surface area contributed by atoms with Crippen LogP contribution in [0.25, 0.3) is 0 Å². The van der Waals surface area contributed by atoms with E-state index in [1.807, 2.05) is 0 Å². The number of morpholine rings is 1. The average Bonchev–Trinajstić information content (AvgIpc) is 2.91. The number of hydrogen-bond acceptors (Lipinski definition) is 12. The van der Waals surface area contributed by atoms with Gasteiger partial charge >= 0.3 is 5.69 Å². The Hall–Kier alpha value is -4.83. The van der Waals surface area contributed by atoms with Crippen LogP contribution in [-0.2, 0) is 4.74 Å². The van der Waals surface area contributed by atoms with Crippen molar-refractivity contribution in [1.29, 1.82) is 0 Å². The molecule has 1 aromatic carbocycles. The molecule has 0 spiro atoms. The zero-order valence-electron chi connectivity index (χ0n) is 20.8. The second-order valence-corrected chi connectivity index (χ2v) is 8.24. The van der Waals surface area contributed by atoms with Crippen LogP contribution in [0.4, 0.5) is 22.9 Å². The van der Waals surface area contributed by atoms with Crippen LogP contribution in [0.2, 0.25) is 0 Å². The van der Waals surface area contributed by atoms with Gasteiger partial charge in [-0.1, -0.05) is 12.2 Å². The Kier molecular flexibility index (Phi) is 10.0. The van der Waals surface area contributed by atoms with E-state index in [2.05, 4.69) is 20.5 Å². The van der Waals surface area contributed by atoms with Crippen LogP contribution in [0.1, 0.15) is 20.7 Å². The molecule has 0 unspecified atom stereocenters. The lowest BCUT2D eigenvalue weighted by atomic mass is 10.1. The highest BCUT2D eigenvalue weighted by Gasteiger charge is 2.23. The SMILES string of the molecule is NC(=O)c1cnc(NCC=CCNc2c(OCCN3CCOCC3)cc(C(N)=O)cc2[N+](=O)[O-])c([N+](=O)[O-])c1. The summed E-state index contributed by atoms with van der Waals surface area (Å²) < 4.78 is 11.1. The number of primary amides is 2. The normalized spacial score (nSPS) is 13.6. The molecular weight excluding hydrogens is 516 g/mol. The molecule has 0 saturated carbocycles. The maximum absolute atomic E-state index is 11.7. The third kappa shape index (κ3) is 8.08. The third-order valence-electron chi connectivity index (χ3n) is 5.63. The van der Waals surface area contributed by atoms with Crippen molar-refractivity contribution in [1.82, 2.24) is 9.88 Å². The van der Waals surface area contributed by atoms with Gasteiger partial charge in [0.05, 0.1) is 28.6 Å². The number of anilines is 2. The molecule has 2 amide bonds. The maximum atomic E-state index is 11.7. The average molecular weight is 545 g/mol. The zero-order chi connectivity index (χ0) is 28.4. The molecule has 208 valence electrons. The summed E-state index contributed by atoms with van der Waals surface area (Å²) in [5.41, 5.74) is 9.61. The minimum Gasteiger partial charge on any atom is -0.490 e. The summed E-state index contributed by atoms with van der Waals surface area (Å²) in [6.45, 7) is 3.71. The van der Waals surface area contributed by atoms with Crippen molar-refractivity contribution >= 4 is 34.7 Å². The molecule has 1 saturated heterocycles. The Morgan fingerprint density at radius 2 is 1.62 bits per heavy atom. The van der Waals surface area contributed by atoms with Crippen molar-refractivity contribution in [3.8, 4) is 5.75 Å². The quantitative estimate of drug-likeness (QED) is 0.147. The number of nitro benzene ring substituents is 1. The summed E-state index contributed by atoms with van der Waals surface area (Å²) in [5.74, 6) is -1.63. The molecule has 39 heavy (non-hydrogen) atoms. The lowest BCUT2D eigenvalue weighted by Crippen LogP contribution is -2.38. The molecule has 1 fully saturated rings. The Labute approximate surface area is 222 Å². The standard InChI is InChI=1S/C23H28N8O8/c24-21(32)15-11-17(30(34)35)20(19(13-15)39-10-7-29-5-8-38-9-6-29)26-3-1-2-4-27-23-18(31(36)37)12-16(14-28-23)22(25)33/h1-2,11-14,26H,3-10H2,(H2,24,32)(H2,25,33)(H,27,28). The smallest absolute Gasteiger partial charge is 0.312 e. The van der Waals surface area contributed by atoms with Gasteiger partial charge in [-0.05, 0) is 6.07 Å². The number of benzene rings is 1. The van der Waals surface area contributed by atoms with Gasteiger partial charge in [0.25, 0.3) is 11.6 Å². The zero-order valence-corrected chi connectivity index (χ0v) is 20.8. The number of pyridine rings is 1. The molecule has 1 aromatic heterocycles. The van der Waals surface area contributed by atoms with E-state index in [0.717, 1.165) is 31.4 Å². The summed E-state index contributed by atoms with van der Waals surface area (Å²) in [6, 6.07) is 3.45. The van der Waals surface area contributed by atoms with E-state index < -0.39 is 27.3 Å². The van der Waals surface area contributed by atoms with E-state index >= 15 is 0 Å². The molecule has 0 aliphatic carbocycles. The predicted molar refractivity (Wildman–Crippen MR) is 140 cm³/mol. The monoisotopic (exact) mass is 544 g/mol. The summed E-state index contributed by atoms with van der Waals surface area (Å²) in [5, 5.41) is 28.7. The Morgan fingerprint density at radius 3 is 2.23 bits per heavy atom. The topological polar surface area (TPSA) is 231 Å². The van der Waals surface area contributed by atoms with Crippen LogP contribution in [0.3, 0.4) is 0 Å². The number of nitrogens with one attached hydrogen (secondary N) is 2. The predicted octanol–water partition coefficient (Wildman–Crippen LogP) is 0.887. The number of nitro groups is 2. The fourth-order valence-electron chi connectivity index (χ4n) is 3.63. The molecule has 1 aliphatic rings. The molecule has 2 aromatic rings. The third-order valence-corrected chi connectivity index (χ3v) is 5.63. The number of nitrogens with two attached hydrogens (primary N) is 2. The first-order chi connectivity index (χ1) is 18.7. The van der Waals surface area contributed by atoms with Crippen molar-refractivity contribution in [2.75, 3.05) is 63.2 Å². The fourth-order valence-corrected chi connectivity index (χ4v) is 3.63. The molecular formula is C23H28N8O8. The highest BCUT2D eigenvalue weighted by Crippen LogP contribution is 2.36. The largest absolute Gasteiger partial charge is 0.490 e. The number of ether oxygens (including phenoxy) is 2. The van der Waals surface area contributed by atoms with E-state index in [1.54, 1.807) is 12.2 Å². The second-order valence-electron chi connectivity index (χ2n) is 8.24. The van der Waals surface area contributed by atoms with Crippen molar-refractivity contribution in [2.24, 2.45) is 11.5 Å². The minimum atomic E-state index is -0.842. The van der Waals surface area contributed by atoms with Crippen molar-refractivity contribution in [2.45, 2.75) is 0 Å². The van der Waals surface area contributed by atoms with E-state index in [9.17, 15) is 29.8 Å². The molecule has 1 aliphatic heterocycles. The number of carbonyl (C=O) groups is 2. The lowest BCUT2D eigenvalue weighted by Gasteiger charge is -2.26. The molecule has 3 rings (SSSR count). The summed E-state index contributed by atoms with van der Waals surface area (Å²) in [7, 11) is 0. The molecule has 6 N–H and O–H groups in total. The fraction of sp³-hybridized carbons (Fsp3) is 0.348. The van der Waals surface area contributed by atoms with Crippen molar-refractivity contribution in [3.05, 3.63) is 67.9 Å². The minimum absolute atomic E-state index is 0.0590. The summed E-state index contributed by atoms with van der Waals surface area (Å²) >= 11 is 0. The van der Waals surface area contributed by atoms with E-state index in [-0.39, 0.29) is 53.8 Å². The van der Waals surface area contributed by atoms with Crippen LogP contribution in [-0.4, -0.2) is 84.1 Å². The van der Waals surface area contributed by atoms with Crippen molar-refractivity contribution < 1.29 is 28.9 Å². The first-order valence-corrected chi connectivity index (χ1v) is 11.8. The first kappa shape index (κ1) is 28.7. The molecule has 16 heteroatoms. The molecule has 2 heterocycles. The molecule has 16 nitrogen and oxygen atoms in total. The van der Waals surface area contributed by atoms with Crippen molar-refractivity contribution in [3.63, 3.8) is 0 Å². The Bertz CT molecular complexity index is 1260. The van der Waals surface area contributed by atoms with E-state index in [4.69, 9.17) is 20.9 Å². The van der Waals surface area contributed by atoms with Crippen LogP contribution < -0.4 is 26.8 Å². The van der Waals surface area contributed by atoms with Gasteiger partial charge in [0, 0.05) is 56.6 Å². The number of nitrogens with zero attached hydrogens (tertiary/aromatic N) is 4. The molecule has 0 radical (unpaired) electrons. The summed E-state index contributed by atoms with van der Waals surface area (Å²) in [4.78, 5) is 50.7. The van der Waals surface area contributed by atoms with Gasteiger partial charge in [0.15, 0.2) is 5.69 Å². The van der Waals surface area contributed by atoms with Crippen LogP contribution >= 0.6 is 0 Å². The molecule has 0 bridgehead atoms. The highest BCUT2D eigenvalue weighted by atomic mass is 16.6. The lowest BCUT2D eigenvalue weighted by molar-refractivity contribution is -0.384. The number of rotatable bonds is 14.